The van der Waals surface area contributed by atoms with Crippen molar-refractivity contribution in [3.05, 3.63) is 16.7 Å². The van der Waals surface area contributed by atoms with Gasteiger partial charge in [0.2, 0.25) is 0 Å². The summed E-state index contributed by atoms with van der Waals surface area (Å²) in [4.78, 5) is 0. The highest BCUT2D eigenvalue weighted by molar-refractivity contribution is 6.32. The molecular weight excluding hydrogens is 216 g/mol. The average molecular weight is 231 g/mol. The van der Waals surface area contributed by atoms with Crippen LogP contribution in [0.25, 0.3) is 0 Å². The van der Waals surface area contributed by atoms with Gasteiger partial charge < -0.3 is 14.6 Å². The SMILES string of the molecule is COc1c(Cl)cc(O)c(C(C)C)c1OC. The Balaban J connectivity index is 3.49. The average Bonchev–Trinajstić information content (AvgIpc) is 2.15. The highest BCUT2D eigenvalue weighted by Crippen LogP contribution is 2.45. The van der Waals surface area contributed by atoms with E-state index < -0.39 is 0 Å². The molecular formula is C11H15ClO3. The molecule has 0 aliphatic carbocycles. The van der Waals surface area contributed by atoms with E-state index in [0.717, 1.165) is 0 Å². The normalized spacial score (nSPS) is 10.5. The summed E-state index contributed by atoms with van der Waals surface area (Å²) in [5.41, 5.74) is 0.707. The lowest BCUT2D eigenvalue weighted by Crippen LogP contribution is -1.99. The van der Waals surface area contributed by atoms with Gasteiger partial charge in [-0.25, -0.2) is 0 Å². The van der Waals surface area contributed by atoms with E-state index in [1.807, 2.05) is 13.8 Å². The van der Waals surface area contributed by atoms with Gasteiger partial charge in [-0.05, 0) is 5.92 Å². The van der Waals surface area contributed by atoms with E-state index in [-0.39, 0.29) is 11.7 Å². The number of ether oxygens (including phenoxy) is 2. The number of aromatic hydroxyl groups is 1. The Bertz CT molecular complexity index is 361. The minimum Gasteiger partial charge on any atom is -0.507 e. The van der Waals surface area contributed by atoms with Gasteiger partial charge in [0.25, 0.3) is 0 Å². The van der Waals surface area contributed by atoms with Crippen LogP contribution in [-0.2, 0) is 0 Å². The fourth-order valence-corrected chi connectivity index (χ4v) is 1.83. The fourth-order valence-electron chi connectivity index (χ4n) is 1.56. The van der Waals surface area contributed by atoms with Gasteiger partial charge in [-0.15, -0.1) is 0 Å². The lowest BCUT2D eigenvalue weighted by Gasteiger charge is -2.17. The van der Waals surface area contributed by atoms with Gasteiger partial charge in [0.1, 0.15) is 5.75 Å². The van der Waals surface area contributed by atoms with Crippen molar-refractivity contribution in [3.63, 3.8) is 0 Å². The molecule has 0 saturated heterocycles. The molecule has 0 unspecified atom stereocenters. The molecule has 0 bridgehead atoms. The Hall–Kier alpha value is -1.09. The quantitative estimate of drug-likeness (QED) is 0.867. The Labute approximate surface area is 94.6 Å². The third-order valence-electron chi connectivity index (χ3n) is 2.19. The van der Waals surface area contributed by atoms with Crippen LogP contribution >= 0.6 is 11.6 Å². The van der Waals surface area contributed by atoms with Crippen LogP contribution in [0.15, 0.2) is 6.07 Å². The molecule has 0 spiro atoms. The molecule has 1 N–H and O–H groups in total. The molecule has 0 radical (unpaired) electrons. The summed E-state index contributed by atoms with van der Waals surface area (Å²) in [6, 6.07) is 1.47. The molecule has 0 amide bonds. The van der Waals surface area contributed by atoms with Crippen molar-refractivity contribution in [1.82, 2.24) is 0 Å². The molecule has 0 aliphatic rings. The first-order chi connectivity index (χ1) is 7.02. The summed E-state index contributed by atoms with van der Waals surface area (Å²) < 4.78 is 10.4. The number of phenolic OH excluding ortho intramolecular Hbond substituents is 1. The highest BCUT2D eigenvalue weighted by atomic mass is 35.5. The first kappa shape index (κ1) is 12.0. The molecule has 3 nitrogen and oxygen atoms in total. The minimum absolute atomic E-state index is 0.131. The summed E-state index contributed by atoms with van der Waals surface area (Å²) in [5.74, 6) is 1.22. The van der Waals surface area contributed by atoms with Crippen molar-refractivity contribution in [2.45, 2.75) is 19.8 Å². The van der Waals surface area contributed by atoms with E-state index in [9.17, 15) is 5.11 Å². The molecule has 1 rings (SSSR count). The summed E-state index contributed by atoms with van der Waals surface area (Å²) in [5, 5.41) is 10.1. The van der Waals surface area contributed by atoms with Crippen LogP contribution in [0.3, 0.4) is 0 Å². The van der Waals surface area contributed by atoms with Crippen molar-refractivity contribution in [1.29, 1.82) is 0 Å². The van der Waals surface area contributed by atoms with Crippen LogP contribution in [0, 0.1) is 0 Å². The Kier molecular flexibility index (Phi) is 3.69. The minimum atomic E-state index is 0.131. The number of benzene rings is 1. The van der Waals surface area contributed by atoms with Gasteiger partial charge in [0, 0.05) is 11.6 Å². The summed E-state index contributed by atoms with van der Waals surface area (Å²) in [6.45, 7) is 3.93. The van der Waals surface area contributed by atoms with Crippen molar-refractivity contribution < 1.29 is 14.6 Å². The second-order valence-electron chi connectivity index (χ2n) is 3.51. The molecule has 0 saturated carbocycles. The molecule has 0 aromatic heterocycles. The van der Waals surface area contributed by atoms with E-state index in [0.29, 0.717) is 22.1 Å². The van der Waals surface area contributed by atoms with Crippen molar-refractivity contribution in [2.24, 2.45) is 0 Å². The van der Waals surface area contributed by atoms with Crippen LogP contribution in [0.1, 0.15) is 25.3 Å². The third-order valence-corrected chi connectivity index (χ3v) is 2.47. The summed E-state index contributed by atoms with van der Waals surface area (Å²) >= 11 is 5.93. The second-order valence-corrected chi connectivity index (χ2v) is 3.92. The molecule has 1 aromatic carbocycles. The zero-order valence-electron chi connectivity index (χ0n) is 9.30. The molecule has 0 heterocycles. The van der Waals surface area contributed by atoms with Crippen molar-refractivity contribution in [3.8, 4) is 17.2 Å². The summed E-state index contributed by atoms with van der Waals surface area (Å²) in [7, 11) is 3.05. The Morgan fingerprint density at radius 1 is 1.20 bits per heavy atom. The zero-order valence-corrected chi connectivity index (χ0v) is 10.1. The predicted molar refractivity (Wildman–Crippen MR) is 60.3 cm³/mol. The van der Waals surface area contributed by atoms with Crippen LogP contribution in [0.4, 0.5) is 0 Å². The first-order valence-electron chi connectivity index (χ1n) is 4.66. The lowest BCUT2D eigenvalue weighted by atomic mass is 10.0. The maximum absolute atomic E-state index is 9.77. The maximum atomic E-state index is 9.77. The van der Waals surface area contributed by atoms with E-state index in [4.69, 9.17) is 21.1 Å². The zero-order chi connectivity index (χ0) is 11.6. The monoisotopic (exact) mass is 230 g/mol. The third kappa shape index (κ3) is 2.12. The molecule has 15 heavy (non-hydrogen) atoms. The van der Waals surface area contributed by atoms with Gasteiger partial charge in [-0.3, -0.25) is 0 Å². The number of methoxy groups -OCH3 is 2. The number of rotatable bonds is 3. The van der Waals surface area contributed by atoms with Gasteiger partial charge in [-0.2, -0.15) is 0 Å². The highest BCUT2D eigenvalue weighted by Gasteiger charge is 2.20. The standard InChI is InChI=1S/C11H15ClO3/c1-6(2)9-8(13)5-7(12)10(14-3)11(9)15-4/h5-6,13H,1-4H3. The Morgan fingerprint density at radius 2 is 1.73 bits per heavy atom. The first-order valence-corrected chi connectivity index (χ1v) is 5.04. The van der Waals surface area contributed by atoms with Crippen LogP contribution in [-0.4, -0.2) is 19.3 Å². The number of phenols is 1. The Morgan fingerprint density at radius 3 is 2.13 bits per heavy atom. The molecule has 84 valence electrons. The number of hydrogen-bond donors (Lipinski definition) is 1. The summed E-state index contributed by atoms with van der Waals surface area (Å²) in [6.07, 6.45) is 0. The number of halogens is 1. The molecule has 0 fully saturated rings. The number of hydrogen-bond acceptors (Lipinski definition) is 3. The van der Waals surface area contributed by atoms with Gasteiger partial charge >= 0.3 is 0 Å². The van der Waals surface area contributed by atoms with Gasteiger partial charge in [-0.1, -0.05) is 25.4 Å². The van der Waals surface area contributed by atoms with E-state index in [1.165, 1.54) is 20.3 Å². The van der Waals surface area contributed by atoms with Crippen LogP contribution < -0.4 is 9.47 Å². The molecule has 4 heteroatoms. The van der Waals surface area contributed by atoms with E-state index >= 15 is 0 Å². The van der Waals surface area contributed by atoms with E-state index in [1.54, 1.807) is 0 Å². The fraction of sp³-hybridized carbons (Fsp3) is 0.455. The van der Waals surface area contributed by atoms with Crippen LogP contribution in [0.2, 0.25) is 5.02 Å². The largest absolute Gasteiger partial charge is 0.507 e. The van der Waals surface area contributed by atoms with Crippen LogP contribution in [0.5, 0.6) is 17.2 Å². The predicted octanol–water partition coefficient (Wildman–Crippen LogP) is 3.19. The molecule has 0 aliphatic heterocycles. The van der Waals surface area contributed by atoms with Crippen molar-refractivity contribution >= 4 is 11.6 Å². The topological polar surface area (TPSA) is 38.7 Å². The second kappa shape index (κ2) is 4.62. The van der Waals surface area contributed by atoms with Gasteiger partial charge in [0.15, 0.2) is 11.5 Å². The lowest BCUT2D eigenvalue weighted by molar-refractivity contribution is 0.345. The van der Waals surface area contributed by atoms with Gasteiger partial charge in [0.05, 0.1) is 19.2 Å². The van der Waals surface area contributed by atoms with Crippen molar-refractivity contribution in [2.75, 3.05) is 14.2 Å². The maximum Gasteiger partial charge on any atom is 0.179 e. The van der Waals surface area contributed by atoms with E-state index in [2.05, 4.69) is 0 Å². The smallest absolute Gasteiger partial charge is 0.179 e. The molecule has 0 atom stereocenters. The molecule has 1 aromatic rings.